The van der Waals surface area contributed by atoms with Gasteiger partial charge >= 0.3 is 12.1 Å². The topological polar surface area (TPSA) is 105 Å². The van der Waals surface area contributed by atoms with Crippen molar-refractivity contribution >= 4 is 18.0 Å². The van der Waals surface area contributed by atoms with Crippen molar-refractivity contribution in [2.45, 2.75) is 37.6 Å². The van der Waals surface area contributed by atoms with Crippen molar-refractivity contribution in [3.63, 3.8) is 0 Å². The summed E-state index contributed by atoms with van der Waals surface area (Å²) in [6, 6.07) is 16.0. The SMILES string of the molecule is O=C(NCC1(C(=O)NC2C=CCC(C(=O)O)C2)CC1)OCC1c2ccccc2-c2ccccc21. The highest BCUT2D eigenvalue weighted by Gasteiger charge is 2.50. The maximum absolute atomic E-state index is 12.8. The number of fused-ring (bicyclic) bond motifs is 3. The van der Waals surface area contributed by atoms with Crippen LogP contribution in [0.15, 0.2) is 60.7 Å². The average Bonchev–Trinajstić information content (AvgIpc) is 3.58. The monoisotopic (exact) mass is 460 g/mol. The van der Waals surface area contributed by atoms with E-state index in [9.17, 15) is 19.5 Å². The molecule has 0 radical (unpaired) electrons. The first-order chi connectivity index (χ1) is 16.5. The van der Waals surface area contributed by atoms with E-state index in [1.807, 2.05) is 36.4 Å². The van der Waals surface area contributed by atoms with Crippen LogP contribution in [0.4, 0.5) is 4.79 Å². The Bertz CT molecular complexity index is 1110. The van der Waals surface area contributed by atoms with Gasteiger partial charge in [0.1, 0.15) is 6.61 Å². The van der Waals surface area contributed by atoms with Crippen molar-refractivity contribution in [2.75, 3.05) is 13.2 Å². The van der Waals surface area contributed by atoms with E-state index in [4.69, 9.17) is 4.74 Å². The van der Waals surface area contributed by atoms with Crippen LogP contribution in [0, 0.1) is 11.3 Å². The zero-order valence-corrected chi connectivity index (χ0v) is 18.8. The molecule has 2 amide bonds. The fourth-order valence-corrected chi connectivity index (χ4v) is 5.04. The number of allylic oxidation sites excluding steroid dienone is 1. The van der Waals surface area contributed by atoms with E-state index in [1.165, 1.54) is 11.1 Å². The summed E-state index contributed by atoms with van der Waals surface area (Å²) in [6.07, 6.45) is 5.35. The molecule has 0 bridgehead atoms. The van der Waals surface area contributed by atoms with E-state index in [2.05, 4.69) is 34.9 Å². The van der Waals surface area contributed by atoms with Crippen LogP contribution < -0.4 is 10.6 Å². The number of carboxylic acid groups (broad SMARTS) is 1. The molecule has 1 saturated carbocycles. The van der Waals surface area contributed by atoms with Gasteiger partial charge in [-0.05, 0) is 47.9 Å². The predicted octanol–water partition coefficient (Wildman–Crippen LogP) is 3.84. The molecule has 0 heterocycles. The minimum absolute atomic E-state index is 0.0170. The second kappa shape index (κ2) is 8.97. The summed E-state index contributed by atoms with van der Waals surface area (Å²) < 4.78 is 5.57. The number of rotatable bonds is 7. The van der Waals surface area contributed by atoms with Gasteiger partial charge in [0.15, 0.2) is 0 Å². The summed E-state index contributed by atoms with van der Waals surface area (Å²) in [7, 11) is 0. The number of carboxylic acids is 1. The number of alkyl carbamates (subject to hydrolysis) is 1. The molecule has 0 aliphatic heterocycles. The smallest absolute Gasteiger partial charge is 0.407 e. The Morgan fingerprint density at radius 2 is 1.65 bits per heavy atom. The Morgan fingerprint density at radius 1 is 1.00 bits per heavy atom. The lowest BCUT2D eigenvalue weighted by Gasteiger charge is -2.25. The number of nitrogens with one attached hydrogen (secondary N) is 2. The van der Waals surface area contributed by atoms with Gasteiger partial charge in [-0.2, -0.15) is 0 Å². The highest BCUT2D eigenvalue weighted by molar-refractivity contribution is 5.87. The molecule has 1 fully saturated rings. The highest BCUT2D eigenvalue weighted by atomic mass is 16.5. The first-order valence-corrected chi connectivity index (χ1v) is 11.8. The normalized spacial score (nSPS) is 21.8. The molecule has 2 aromatic carbocycles. The number of hydrogen-bond donors (Lipinski definition) is 3. The van der Waals surface area contributed by atoms with Crippen molar-refractivity contribution in [3.8, 4) is 11.1 Å². The Morgan fingerprint density at radius 3 is 2.26 bits per heavy atom. The van der Waals surface area contributed by atoms with Gasteiger partial charge in [-0.1, -0.05) is 60.7 Å². The third-order valence-corrected chi connectivity index (χ3v) is 7.24. The summed E-state index contributed by atoms with van der Waals surface area (Å²) in [5.74, 6) is -1.49. The third kappa shape index (κ3) is 4.30. The summed E-state index contributed by atoms with van der Waals surface area (Å²) in [5, 5.41) is 15.0. The molecular formula is C27H28N2O5. The first-order valence-electron chi connectivity index (χ1n) is 11.8. The number of carbonyl (C=O) groups excluding carboxylic acids is 2. The quantitative estimate of drug-likeness (QED) is 0.545. The van der Waals surface area contributed by atoms with Crippen molar-refractivity contribution in [3.05, 3.63) is 71.8 Å². The van der Waals surface area contributed by atoms with Gasteiger partial charge < -0.3 is 20.5 Å². The lowest BCUT2D eigenvalue weighted by molar-refractivity contribution is -0.142. The van der Waals surface area contributed by atoms with Crippen LogP contribution in [0.5, 0.6) is 0 Å². The Labute approximate surface area is 198 Å². The summed E-state index contributed by atoms with van der Waals surface area (Å²) in [6.45, 7) is 0.427. The Kier molecular flexibility index (Phi) is 5.86. The zero-order chi connectivity index (χ0) is 23.7. The number of benzene rings is 2. The van der Waals surface area contributed by atoms with E-state index in [0.29, 0.717) is 25.7 Å². The molecule has 2 aromatic rings. The molecule has 0 spiro atoms. The van der Waals surface area contributed by atoms with Crippen LogP contribution in [0.25, 0.3) is 11.1 Å². The Balaban J connectivity index is 1.14. The largest absolute Gasteiger partial charge is 0.481 e. The molecule has 34 heavy (non-hydrogen) atoms. The molecule has 7 heteroatoms. The molecule has 176 valence electrons. The van der Waals surface area contributed by atoms with Gasteiger partial charge in [0.2, 0.25) is 5.91 Å². The van der Waals surface area contributed by atoms with Crippen molar-refractivity contribution in [2.24, 2.45) is 11.3 Å². The van der Waals surface area contributed by atoms with Gasteiger partial charge in [0.25, 0.3) is 0 Å². The number of aliphatic carboxylic acids is 1. The molecule has 3 N–H and O–H groups in total. The fourth-order valence-electron chi connectivity index (χ4n) is 5.04. The molecule has 3 aliphatic rings. The minimum Gasteiger partial charge on any atom is -0.481 e. The van der Waals surface area contributed by atoms with Crippen molar-refractivity contribution in [1.82, 2.24) is 10.6 Å². The lowest BCUT2D eigenvalue weighted by Crippen LogP contribution is -2.45. The minimum atomic E-state index is -0.846. The van der Waals surface area contributed by atoms with Crippen molar-refractivity contribution in [1.29, 1.82) is 0 Å². The predicted molar refractivity (Wildman–Crippen MR) is 126 cm³/mol. The van der Waals surface area contributed by atoms with Crippen LogP contribution >= 0.6 is 0 Å². The van der Waals surface area contributed by atoms with Gasteiger partial charge in [0, 0.05) is 18.5 Å². The maximum atomic E-state index is 12.8. The van der Waals surface area contributed by atoms with E-state index in [-0.39, 0.29) is 31.0 Å². The highest BCUT2D eigenvalue weighted by Crippen LogP contribution is 2.46. The van der Waals surface area contributed by atoms with Crippen LogP contribution in [-0.4, -0.2) is 42.3 Å². The van der Waals surface area contributed by atoms with E-state index in [1.54, 1.807) is 0 Å². The van der Waals surface area contributed by atoms with Crippen LogP contribution in [0.3, 0.4) is 0 Å². The number of carbonyl (C=O) groups is 3. The summed E-state index contributed by atoms with van der Waals surface area (Å²) >= 11 is 0. The molecule has 0 saturated heterocycles. The molecule has 3 aliphatic carbocycles. The number of ether oxygens (including phenoxy) is 1. The summed E-state index contributed by atoms with van der Waals surface area (Å²) in [4.78, 5) is 36.6. The Hall–Kier alpha value is -3.61. The van der Waals surface area contributed by atoms with Gasteiger partial charge in [0.05, 0.1) is 11.3 Å². The molecule has 2 unspecified atom stereocenters. The first kappa shape index (κ1) is 22.2. The number of amides is 2. The van der Waals surface area contributed by atoms with E-state index < -0.39 is 23.4 Å². The second-order valence-electron chi connectivity index (χ2n) is 9.47. The molecule has 0 aromatic heterocycles. The fraction of sp³-hybridized carbons (Fsp3) is 0.370. The van der Waals surface area contributed by atoms with E-state index >= 15 is 0 Å². The van der Waals surface area contributed by atoms with Crippen LogP contribution in [0.2, 0.25) is 0 Å². The second-order valence-corrected chi connectivity index (χ2v) is 9.47. The summed E-state index contributed by atoms with van der Waals surface area (Å²) in [5.41, 5.74) is 3.99. The third-order valence-electron chi connectivity index (χ3n) is 7.24. The van der Waals surface area contributed by atoms with Gasteiger partial charge in [-0.15, -0.1) is 0 Å². The van der Waals surface area contributed by atoms with Crippen LogP contribution in [0.1, 0.15) is 42.7 Å². The van der Waals surface area contributed by atoms with Crippen LogP contribution in [-0.2, 0) is 14.3 Å². The number of hydrogen-bond acceptors (Lipinski definition) is 4. The molecular weight excluding hydrogens is 432 g/mol. The van der Waals surface area contributed by atoms with Gasteiger partial charge in [-0.3, -0.25) is 9.59 Å². The standard InChI is InChI=1S/C27H28N2O5/c30-24(31)17-6-5-7-18(14-17)29-25(32)27(12-13-27)16-28-26(33)34-15-23-21-10-3-1-8-19(21)20-9-2-4-11-22(20)23/h1-5,7-11,17-18,23H,6,12-16H2,(H,28,33)(H,29,32)(H,30,31). The maximum Gasteiger partial charge on any atom is 0.407 e. The molecule has 7 nitrogen and oxygen atoms in total. The average molecular weight is 461 g/mol. The molecule has 2 atom stereocenters. The van der Waals surface area contributed by atoms with Gasteiger partial charge in [-0.25, -0.2) is 4.79 Å². The zero-order valence-electron chi connectivity index (χ0n) is 18.8. The van der Waals surface area contributed by atoms with Crippen molar-refractivity contribution < 1.29 is 24.2 Å². The lowest BCUT2D eigenvalue weighted by atomic mass is 9.90. The van der Waals surface area contributed by atoms with E-state index in [0.717, 1.165) is 11.1 Å². The molecule has 5 rings (SSSR count).